The van der Waals surface area contributed by atoms with Gasteiger partial charge in [-0.1, -0.05) is 0 Å². The zero-order chi connectivity index (χ0) is 10.8. The first kappa shape index (κ1) is 8.44. The largest absolute Gasteiger partial charge is 0.318 e. The molecule has 74 valence electrons. The van der Waals surface area contributed by atoms with Gasteiger partial charge in [0.15, 0.2) is 0 Å². The van der Waals surface area contributed by atoms with Crippen LogP contribution in [0.3, 0.4) is 0 Å². The highest BCUT2D eigenvalue weighted by molar-refractivity contribution is 4.53. The topological polar surface area (TPSA) is 48.1 Å². The van der Waals surface area contributed by atoms with Crippen LogP contribution in [0.2, 0.25) is 2.82 Å². The fraction of sp³-hybridized carbons (Fsp3) is 1.00. The second-order valence-electron chi connectivity index (χ2n) is 2.55. The summed E-state index contributed by atoms with van der Waals surface area (Å²) in [6.45, 7) is 4.28. The van der Waals surface area contributed by atoms with Crippen LogP contribution in [0.5, 0.6) is 0 Å². The van der Waals surface area contributed by atoms with Crippen LogP contribution in [0.15, 0.2) is 0 Å². The van der Waals surface area contributed by atoms with Crippen molar-refractivity contribution >= 4 is 0 Å². The van der Waals surface area contributed by atoms with Crippen LogP contribution < -0.4 is 21.3 Å². The Morgan fingerprint density at radius 2 is 1.08 bits per heavy atom. The lowest BCUT2D eigenvalue weighted by atomic mass is 10.5. The summed E-state index contributed by atoms with van der Waals surface area (Å²) >= 11 is 0. The van der Waals surface area contributed by atoms with Gasteiger partial charge in [0.2, 0.25) is 0 Å². The highest BCUT2D eigenvalue weighted by atomic mass is 15.0. The van der Waals surface area contributed by atoms with Gasteiger partial charge in [0, 0.05) is 39.3 Å². The molecule has 0 fully saturated rings. The Kier molecular flexibility index (Phi) is 7.62. The first-order chi connectivity index (χ1) is 6.70. The average molecular weight is 176 g/mol. The van der Waals surface area contributed by atoms with Crippen molar-refractivity contribution in [1.29, 1.82) is 0 Å². The predicted octanol–water partition coefficient (Wildman–Crippen LogP) is -1.40. The molecule has 4 nitrogen and oxygen atoms in total. The van der Waals surface area contributed by atoms with Gasteiger partial charge in [-0.25, -0.2) is 0 Å². The Morgan fingerprint density at radius 1 is 0.750 bits per heavy atom. The number of hydrogen-bond acceptors (Lipinski definition) is 4. The summed E-state index contributed by atoms with van der Waals surface area (Å²) in [5.74, 6) is 0. The summed E-state index contributed by atoms with van der Waals surface area (Å²) in [5, 5.41) is 8.94. The highest BCUT2D eigenvalue weighted by Crippen LogP contribution is 1.59. The molecule has 0 aliphatic carbocycles. The molecule has 12 heavy (non-hydrogen) atoms. The van der Waals surface area contributed by atoms with Crippen molar-refractivity contribution in [3.8, 4) is 0 Å². The maximum Gasteiger partial charge on any atom is 0.122 e. The van der Waals surface area contributed by atoms with Crippen LogP contribution in [-0.4, -0.2) is 53.4 Å². The summed E-state index contributed by atoms with van der Waals surface area (Å²) in [6, 6.07) is 0. The van der Waals surface area contributed by atoms with Crippen molar-refractivity contribution in [3.05, 3.63) is 0 Å². The van der Waals surface area contributed by atoms with Crippen LogP contribution in [0.4, 0.5) is 0 Å². The Bertz CT molecular complexity index is 112. The lowest BCUT2D eigenvalue weighted by Crippen LogP contribution is -2.34. The van der Waals surface area contributed by atoms with Crippen molar-refractivity contribution in [1.82, 2.24) is 21.3 Å². The highest BCUT2D eigenvalue weighted by Gasteiger charge is 1.86. The van der Waals surface area contributed by atoms with Gasteiger partial charge in [-0.05, 0) is 14.1 Å². The van der Waals surface area contributed by atoms with Gasteiger partial charge in [-0.2, -0.15) is 0 Å². The molecule has 0 bridgehead atoms. The molecule has 0 saturated carbocycles. The van der Waals surface area contributed by atoms with Crippen molar-refractivity contribution in [3.63, 3.8) is 0 Å². The van der Waals surface area contributed by atoms with E-state index >= 15 is 0 Å². The third-order valence-corrected chi connectivity index (χ3v) is 1.46. The van der Waals surface area contributed by atoms with E-state index in [-0.39, 0.29) is 0 Å². The lowest BCUT2D eigenvalue weighted by molar-refractivity contribution is 0.590. The normalized spacial score (nSPS) is 13.7. The molecule has 0 aliphatic rings. The molecule has 0 aromatic carbocycles. The number of rotatable bonds is 9. The van der Waals surface area contributed by atoms with E-state index in [2.05, 4.69) is 10.6 Å². The minimum atomic E-state index is 0.620. The molecule has 0 aromatic rings. The maximum absolute atomic E-state index is 7.51. The molecule has 0 radical (unpaired) electrons. The Labute approximate surface area is 78.4 Å². The minimum absolute atomic E-state index is 0.620. The predicted molar refractivity (Wildman–Crippen MR) is 53.6 cm³/mol. The van der Waals surface area contributed by atoms with Crippen LogP contribution in [0.25, 0.3) is 0 Å². The standard InChI is InChI=1S/C8H22N4/c1-9-3-5-11-7-8-12-6-4-10-2/h9-12H,3-8H2,1-2H3/i/hD2. The first-order valence-electron chi connectivity index (χ1n) is 5.37. The monoisotopic (exact) mass is 176 g/mol. The van der Waals surface area contributed by atoms with Crippen LogP contribution in [0.1, 0.15) is 0 Å². The molecule has 0 spiro atoms. The van der Waals surface area contributed by atoms with E-state index < -0.39 is 0 Å². The van der Waals surface area contributed by atoms with E-state index in [0.29, 0.717) is 26.2 Å². The molecule has 0 heterocycles. The van der Waals surface area contributed by atoms with E-state index in [1.807, 2.05) is 14.1 Å². The third kappa shape index (κ3) is 9.84. The van der Waals surface area contributed by atoms with E-state index in [1.54, 1.807) is 0 Å². The van der Waals surface area contributed by atoms with Crippen LogP contribution in [-0.2, 0) is 0 Å². The van der Waals surface area contributed by atoms with E-state index in [4.69, 9.17) is 2.82 Å². The molecular formula is C8H22N4. The van der Waals surface area contributed by atoms with Gasteiger partial charge in [0.05, 0.1) is 0 Å². The summed E-state index contributed by atoms with van der Waals surface area (Å²) < 4.78 is 15.0. The van der Waals surface area contributed by atoms with Crippen LogP contribution in [0, 0.1) is 0 Å². The SMILES string of the molecule is [2H]N(CCNC)CCN([2H])CCNC. The zero-order valence-corrected chi connectivity index (χ0v) is 8.14. The first-order valence-corrected chi connectivity index (χ1v) is 4.47. The summed E-state index contributed by atoms with van der Waals surface area (Å²) in [7, 11) is 3.75. The Morgan fingerprint density at radius 3 is 1.42 bits per heavy atom. The lowest BCUT2D eigenvalue weighted by Gasteiger charge is -2.05. The molecular weight excluding hydrogens is 152 g/mol. The van der Waals surface area contributed by atoms with E-state index in [9.17, 15) is 0 Å². The molecule has 0 aromatic heterocycles. The van der Waals surface area contributed by atoms with Gasteiger partial charge in [-0.15, -0.1) is 0 Å². The van der Waals surface area contributed by atoms with Crippen LogP contribution >= 0.6 is 0 Å². The number of likely N-dealkylation sites (N-methyl/N-ethyl adjacent to an activating group) is 2. The Hall–Kier alpha value is -0.160. The number of nitrogens with one attached hydrogen (secondary N) is 4. The third-order valence-electron chi connectivity index (χ3n) is 1.46. The Balaban J connectivity index is 3.31. The van der Waals surface area contributed by atoms with Gasteiger partial charge in [-0.3, -0.25) is 0 Å². The van der Waals surface area contributed by atoms with Crippen molar-refractivity contribution in [2.75, 3.05) is 53.4 Å². The molecule has 0 amide bonds. The van der Waals surface area contributed by atoms with Gasteiger partial charge >= 0.3 is 0 Å². The van der Waals surface area contributed by atoms with Crippen molar-refractivity contribution < 1.29 is 2.82 Å². The number of hydrogen-bond donors (Lipinski definition) is 4. The smallest absolute Gasteiger partial charge is 0.122 e. The second kappa shape index (κ2) is 10.8. The maximum atomic E-state index is 7.51. The fourth-order valence-electron chi connectivity index (χ4n) is 0.747. The molecule has 0 aliphatic heterocycles. The molecule has 4 N–H and O–H groups in total. The van der Waals surface area contributed by atoms with E-state index in [1.165, 1.54) is 10.6 Å². The van der Waals surface area contributed by atoms with Gasteiger partial charge < -0.3 is 21.3 Å². The fourth-order valence-corrected chi connectivity index (χ4v) is 0.747. The molecule has 0 saturated heterocycles. The summed E-state index contributed by atoms with van der Waals surface area (Å²) in [5.41, 5.74) is 0. The van der Waals surface area contributed by atoms with E-state index in [0.717, 1.165) is 13.1 Å². The zero-order valence-electron chi connectivity index (χ0n) is 10.1. The van der Waals surface area contributed by atoms with Crippen molar-refractivity contribution in [2.45, 2.75) is 0 Å². The van der Waals surface area contributed by atoms with Gasteiger partial charge in [0.25, 0.3) is 0 Å². The summed E-state index contributed by atoms with van der Waals surface area (Å²) in [4.78, 5) is 0. The molecule has 0 unspecified atom stereocenters. The quantitative estimate of drug-likeness (QED) is 0.349. The van der Waals surface area contributed by atoms with Crippen molar-refractivity contribution in [2.24, 2.45) is 0 Å². The summed E-state index contributed by atoms with van der Waals surface area (Å²) in [6.07, 6.45) is 0. The minimum Gasteiger partial charge on any atom is -0.318 e. The molecule has 0 rings (SSSR count). The average Bonchev–Trinajstić information content (AvgIpc) is 2.20. The molecule has 0 atom stereocenters. The second-order valence-corrected chi connectivity index (χ2v) is 2.55. The van der Waals surface area contributed by atoms with Gasteiger partial charge in [0.1, 0.15) is 2.82 Å². The molecule has 4 heteroatoms.